The fourth-order valence-corrected chi connectivity index (χ4v) is 4.83. The first-order chi connectivity index (χ1) is 22.4. The highest BCUT2D eigenvalue weighted by Crippen LogP contribution is 2.23. The van der Waals surface area contributed by atoms with E-state index in [0.29, 0.717) is 18.6 Å². The number of nitrogens with one attached hydrogen (secondary N) is 1. The Morgan fingerprint density at radius 3 is 1.93 bits per heavy atom. The number of H-pyrrole nitrogens is 1. The summed E-state index contributed by atoms with van der Waals surface area (Å²) in [6.45, 7) is 4.53. The molecule has 0 bridgehead atoms. The third-order valence-corrected chi connectivity index (χ3v) is 7.36. The van der Waals surface area contributed by atoms with Crippen LogP contribution in [0.4, 0.5) is 20.2 Å². The summed E-state index contributed by atoms with van der Waals surface area (Å²) in [7, 11) is 5.15. The van der Waals surface area contributed by atoms with Crippen LogP contribution >= 0.6 is 0 Å². The predicted molar refractivity (Wildman–Crippen MR) is 174 cm³/mol. The van der Waals surface area contributed by atoms with Crippen molar-refractivity contribution >= 4 is 11.4 Å². The lowest BCUT2D eigenvalue weighted by atomic mass is 10.1. The molecule has 1 aliphatic heterocycles. The molecule has 1 fully saturated rings. The molecule has 1 saturated heterocycles. The van der Waals surface area contributed by atoms with E-state index in [0.717, 1.165) is 56.5 Å². The minimum Gasteiger partial charge on any atom is -0.497 e. The van der Waals surface area contributed by atoms with Crippen molar-refractivity contribution in [3.63, 3.8) is 0 Å². The second-order valence-corrected chi connectivity index (χ2v) is 10.5. The minimum absolute atomic E-state index is 0.231. The van der Waals surface area contributed by atoms with Crippen molar-refractivity contribution in [3.8, 4) is 11.4 Å². The molecule has 0 unspecified atom stereocenters. The zero-order valence-corrected chi connectivity index (χ0v) is 26.4. The van der Waals surface area contributed by atoms with Crippen molar-refractivity contribution in [1.29, 1.82) is 0 Å². The molecule has 2 aromatic heterocycles. The van der Waals surface area contributed by atoms with Crippen LogP contribution < -0.4 is 20.2 Å². The number of aryl methyl sites for hydroxylation is 2. The normalized spacial score (nSPS) is 12.5. The zero-order chi connectivity index (χ0) is 32.7. The van der Waals surface area contributed by atoms with Crippen molar-refractivity contribution in [2.45, 2.75) is 19.3 Å². The number of hydrogen-bond donors (Lipinski definition) is 1. The Kier molecular flexibility index (Phi) is 12.8. The van der Waals surface area contributed by atoms with Crippen LogP contribution in [0.1, 0.15) is 18.4 Å². The van der Waals surface area contributed by atoms with Crippen molar-refractivity contribution in [3.05, 3.63) is 113 Å². The van der Waals surface area contributed by atoms with Gasteiger partial charge in [0.05, 0.1) is 12.8 Å². The molecule has 3 heterocycles. The number of benzene rings is 3. The monoisotopic (exact) mass is 634 g/mol. The molecule has 3 aromatic carbocycles. The summed E-state index contributed by atoms with van der Waals surface area (Å²) in [5.74, 6) is -0.102. The molecule has 0 spiro atoms. The maximum Gasteiger partial charge on any atom is 0.347 e. The Morgan fingerprint density at radius 2 is 1.46 bits per heavy atom. The van der Waals surface area contributed by atoms with Gasteiger partial charge in [0, 0.05) is 64.4 Å². The molecule has 0 amide bonds. The van der Waals surface area contributed by atoms with Crippen molar-refractivity contribution in [2.75, 3.05) is 56.8 Å². The fourth-order valence-electron chi connectivity index (χ4n) is 4.83. The number of ether oxygens (including phenoxy) is 2. The first-order valence-electron chi connectivity index (χ1n) is 15.0. The average Bonchev–Trinajstić information content (AvgIpc) is 3.75. The van der Waals surface area contributed by atoms with E-state index in [-0.39, 0.29) is 5.69 Å². The molecule has 1 aliphatic rings. The Morgan fingerprint density at radius 1 is 0.826 bits per heavy atom. The average molecular weight is 635 g/mol. The molecule has 46 heavy (non-hydrogen) atoms. The Balaban J connectivity index is 0.000000200. The van der Waals surface area contributed by atoms with Crippen molar-refractivity contribution in [1.82, 2.24) is 29.5 Å². The summed E-state index contributed by atoms with van der Waals surface area (Å²) in [6.07, 6.45) is 7.02. The van der Waals surface area contributed by atoms with E-state index in [4.69, 9.17) is 9.47 Å². The fraction of sp³-hybridized carbons (Fsp3) is 0.333. The molecule has 0 saturated carbocycles. The zero-order valence-electron chi connectivity index (χ0n) is 26.4. The highest BCUT2D eigenvalue weighted by atomic mass is 19.1. The van der Waals surface area contributed by atoms with Crippen LogP contribution in [-0.2, 0) is 18.2 Å². The standard InChI is InChI=1S/C19H21N5O2.C11H14F2O.C3H5N3/c1-26-18-8-6-16(7-9-18)23-12-10-22(11-13-23)15-2-4-17(5-3-15)24-14-20-21-19(24)25;1-14-7-3-2-4-9-5-6-10(12)8-11(9)13;1-6-3-4-2-5-6/h2-9,14H,10-13H2,1H3,(H,21,25);5-6,8H,2-4,7H2,1H3;2-3H,1H3. The second kappa shape index (κ2) is 17.4. The first kappa shape index (κ1) is 33.8. The summed E-state index contributed by atoms with van der Waals surface area (Å²) in [5.41, 5.74) is 3.54. The van der Waals surface area contributed by atoms with Gasteiger partial charge in [-0.05, 0) is 79.4 Å². The van der Waals surface area contributed by atoms with Crippen LogP contribution in [0.15, 0.2) is 90.5 Å². The maximum absolute atomic E-state index is 13.1. The number of piperazine rings is 1. The summed E-state index contributed by atoms with van der Waals surface area (Å²) in [4.78, 5) is 20.1. The molecule has 1 N–H and O–H groups in total. The molecule has 13 heteroatoms. The summed E-state index contributed by atoms with van der Waals surface area (Å²) < 4.78 is 38.8. The summed E-state index contributed by atoms with van der Waals surface area (Å²) in [5, 5.41) is 9.89. The number of anilines is 2. The van der Waals surface area contributed by atoms with Gasteiger partial charge in [-0.15, -0.1) is 0 Å². The number of methoxy groups -OCH3 is 2. The van der Waals surface area contributed by atoms with Gasteiger partial charge in [0.25, 0.3) is 0 Å². The summed E-state index contributed by atoms with van der Waals surface area (Å²) >= 11 is 0. The molecular formula is C33H40F2N8O3. The van der Waals surface area contributed by atoms with Gasteiger partial charge in [-0.1, -0.05) is 6.07 Å². The van der Waals surface area contributed by atoms with Crippen LogP contribution in [0.3, 0.4) is 0 Å². The van der Waals surface area contributed by atoms with Gasteiger partial charge in [-0.3, -0.25) is 4.68 Å². The number of unbranched alkanes of at least 4 members (excludes halogenated alkanes) is 1. The molecule has 0 aliphatic carbocycles. The Hall–Kier alpha value is -5.04. The Bertz CT molecular complexity index is 1630. The minimum atomic E-state index is -0.525. The first-order valence-corrected chi connectivity index (χ1v) is 15.0. The van der Waals surface area contributed by atoms with Crippen molar-refractivity contribution < 1.29 is 18.3 Å². The third-order valence-electron chi connectivity index (χ3n) is 7.36. The molecular weight excluding hydrogens is 594 g/mol. The highest BCUT2D eigenvalue weighted by Gasteiger charge is 2.18. The number of hydrogen-bond acceptors (Lipinski definition) is 8. The maximum atomic E-state index is 13.1. The van der Waals surface area contributed by atoms with Gasteiger partial charge in [0.15, 0.2) is 0 Å². The third kappa shape index (κ3) is 9.99. The van der Waals surface area contributed by atoms with Gasteiger partial charge >= 0.3 is 5.69 Å². The van der Waals surface area contributed by atoms with Gasteiger partial charge in [0.2, 0.25) is 0 Å². The van der Waals surface area contributed by atoms with Crippen LogP contribution in [0, 0.1) is 11.6 Å². The van der Waals surface area contributed by atoms with E-state index in [2.05, 4.69) is 54.3 Å². The molecule has 0 atom stereocenters. The lowest BCUT2D eigenvalue weighted by Gasteiger charge is -2.37. The topological polar surface area (TPSA) is 106 Å². The Labute approximate surface area is 267 Å². The number of nitrogens with zero attached hydrogens (tertiary/aromatic N) is 7. The van der Waals surface area contributed by atoms with E-state index in [9.17, 15) is 13.6 Å². The second-order valence-electron chi connectivity index (χ2n) is 10.5. The van der Waals surface area contributed by atoms with Crippen LogP contribution in [0.25, 0.3) is 5.69 Å². The molecule has 0 radical (unpaired) electrons. The van der Waals surface area contributed by atoms with Crippen LogP contribution in [0.5, 0.6) is 5.75 Å². The number of halogens is 2. The van der Waals surface area contributed by atoms with E-state index in [1.165, 1.54) is 40.7 Å². The SMILES string of the molecule is COCCCCc1ccc(F)cc1F.COc1ccc(N2CCN(c3ccc(-n4cn[nH]c4=O)cc3)CC2)cc1.Cn1cncn1. The molecule has 5 aromatic rings. The lowest BCUT2D eigenvalue weighted by molar-refractivity contribution is 0.193. The predicted octanol–water partition coefficient (Wildman–Crippen LogP) is 4.64. The van der Waals surface area contributed by atoms with Crippen LogP contribution in [-0.4, -0.2) is 76.5 Å². The van der Waals surface area contributed by atoms with Crippen LogP contribution in [0.2, 0.25) is 0 Å². The smallest absolute Gasteiger partial charge is 0.347 e. The van der Waals surface area contributed by atoms with Gasteiger partial charge in [-0.25, -0.2) is 28.2 Å². The van der Waals surface area contributed by atoms with Gasteiger partial charge in [0.1, 0.15) is 36.4 Å². The highest BCUT2D eigenvalue weighted by molar-refractivity contribution is 5.54. The number of aromatic amines is 1. The number of rotatable bonds is 9. The quantitative estimate of drug-likeness (QED) is 0.234. The molecule has 11 nitrogen and oxygen atoms in total. The van der Waals surface area contributed by atoms with E-state index < -0.39 is 11.6 Å². The molecule has 6 rings (SSSR count). The van der Waals surface area contributed by atoms with Gasteiger partial charge in [-0.2, -0.15) is 10.2 Å². The van der Waals surface area contributed by atoms with E-state index in [1.807, 2.05) is 31.3 Å². The number of aromatic nitrogens is 6. The summed E-state index contributed by atoms with van der Waals surface area (Å²) in [6, 6.07) is 19.9. The van der Waals surface area contributed by atoms with Crippen molar-refractivity contribution in [2.24, 2.45) is 7.05 Å². The lowest BCUT2D eigenvalue weighted by Crippen LogP contribution is -2.46. The largest absolute Gasteiger partial charge is 0.497 e. The van der Waals surface area contributed by atoms with E-state index >= 15 is 0 Å². The molecule has 244 valence electrons. The van der Waals surface area contributed by atoms with E-state index in [1.54, 1.807) is 25.2 Å². The van der Waals surface area contributed by atoms with Gasteiger partial charge < -0.3 is 19.3 Å².